The van der Waals surface area contributed by atoms with E-state index in [1.54, 1.807) is 25.3 Å². The Labute approximate surface area is 153 Å². The van der Waals surface area contributed by atoms with Crippen molar-refractivity contribution in [2.24, 2.45) is 7.05 Å². The molecule has 27 heavy (non-hydrogen) atoms. The normalized spacial score (nSPS) is 11.3. The van der Waals surface area contributed by atoms with Gasteiger partial charge in [0.15, 0.2) is 5.82 Å². The van der Waals surface area contributed by atoms with Gasteiger partial charge in [-0.05, 0) is 16.9 Å². The molecule has 0 aliphatic heterocycles. The van der Waals surface area contributed by atoms with Gasteiger partial charge in [-0.1, -0.05) is 35.5 Å². The molecule has 0 unspecified atom stereocenters. The van der Waals surface area contributed by atoms with Crippen molar-refractivity contribution < 1.29 is 23.6 Å². The molecule has 2 heterocycles. The van der Waals surface area contributed by atoms with Crippen LogP contribution in [0.15, 0.2) is 34.9 Å². The molecule has 0 saturated carbocycles. The van der Waals surface area contributed by atoms with Crippen LogP contribution in [0.5, 0.6) is 0 Å². The van der Waals surface area contributed by atoms with Crippen LogP contribution in [0.25, 0.3) is 11.6 Å². The molecule has 0 radical (unpaired) electrons. The van der Waals surface area contributed by atoms with Crippen molar-refractivity contribution in [3.8, 4) is 0 Å². The van der Waals surface area contributed by atoms with Crippen molar-refractivity contribution in [3.05, 3.63) is 58.7 Å². The summed E-state index contributed by atoms with van der Waals surface area (Å²) in [6.07, 6.45) is 1.58. The smallest absolute Gasteiger partial charge is 0.377 e. The van der Waals surface area contributed by atoms with E-state index in [0.717, 1.165) is 0 Å². The minimum absolute atomic E-state index is 0.0981. The van der Waals surface area contributed by atoms with Crippen LogP contribution >= 0.6 is 0 Å². The molecule has 0 saturated heterocycles. The fourth-order valence-electron chi connectivity index (χ4n) is 2.39. The largest absolute Gasteiger partial charge is 0.465 e. The molecule has 2 aromatic heterocycles. The Morgan fingerprint density at radius 1 is 1.11 bits per heavy atom. The van der Waals surface area contributed by atoms with Gasteiger partial charge in [-0.3, -0.25) is 0 Å². The van der Waals surface area contributed by atoms with E-state index in [9.17, 15) is 9.59 Å². The van der Waals surface area contributed by atoms with E-state index in [2.05, 4.69) is 25.3 Å². The Morgan fingerprint density at radius 3 is 2.41 bits per heavy atom. The molecule has 1 aromatic carbocycles. The number of nitrogens with zero attached hydrogens (tertiary/aromatic N) is 5. The first-order valence-corrected chi connectivity index (χ1v) is 7.73. The van der Waals surface area contributed by atoms with Gasteiger partial charge in [-0.2, -0.15) is 4.80 Å². The predicted molar refractivity (Wildman–Crippen MR) is 91.4 cm³/mol. The molecule has 0 bridgehead atoms. The lowest BCUT2D eigenvalue weighted by atomic mass is 9.98. The average Bonchev–Trinajstić information content (AvgIpc) is 3.31. The lowest BCUT2D eigenvalue weighted by molar-refractivity contribution is 0.0521. The first-order valence-electron chi connectivity index (χ1n) is 7.73. The van der Waals surface area contributed by atoms with E-state index in [4.69, 9.17) is 9.26 Å². The number of ether oxygens (including phenoxy) is 2. The molecule has 0 N–H and O–H groups in total. The number of benzene rings is 1. The Kier molecular flexibility index (Phi) is 5.06. The third-order valence-electron chi connectivity index (χ3n) is 3.59. The van der Waals surface area contributed by atoms with Crippen LogP contribution < -0.4 is 0 Å². The maximum absolute atomic E-state index is 12.3. The molecule has 0 atom stereocenters. The van der Waals surface area contributed by atoms with Gasteiger partial charge in [0.05, 0.1) is 21.3 Å². The molecule has 10 heteroatoms. The van der Waals surface area contributed by atoms with Gasteiger partial charge in [0.25, 0.3) is 5.76 Å². The Balaban J connectivity index is 2.24. The molecule has 0 aliphatic rings. The lowest BCUT2D eigenvalue weighted by Gasteiger charge is -2.06. The number of hydrogen-bond donors (Lipinski definition) is 0. The summed E-state index contributed by atoms with van der Waals surface area (Å²) in [6, 6.07) is 9.07. The summed E-state index contributed by atoms with van der Waals surface area (Å²) in [6.45, 7) is 0. The van der Waals surface area contributed by atoms with Gasteiger partial charge in [-0.25, -0.2) is 9.59 Å². The van der Waals surface area contributed by atoms with Crippen LogP contribution in [-0.4, -0.2) is 51.5 Å². The van der Waals surface area contributed by atoms with Crippen LogP contribution in [-0.2, 0) is 16.5 Å². The zero-order valence-electron chi connectivity index (χ0n) is 14.7. The first-order chi connectivity index (χ1) is 13.0. The summed E-state index contributed by atoms with van der Waals surface area (Å²) >= 11 is 0. The molecule has 0 fully saturated rings. The van der Waals surface area contributed by atoms with E-state index in [1.807, 2.05) is 18.2 Å². The number of tetrazole rings is 1. The zero-order chi connectivity index (χ0) is 19.4. The fourth-order valence-corrected chi connectivity index (χ4v) is 2.39. The molecule has 0 amide bonds. The van der Waals surface area contributed by atoms with E-state index in [0.29, 0.717) is 11.1 Å². The summed E-state index contributed by atoms with van der Waals surface area (Å²) in [5, 5.41) is 15.7. The second-order valence-corrected chi connectivity index (χ2v) is 5.28. The van der Waals surface area contributed by atoms with Crippen molar-refractivity contribution >= 4 is 23.6 Å². The molecule has 0 aliphatic carbocycles. The monoisotopic (exact) mass is 369 g/mol. The highest BCUT2D eigenvalue weighted by Gasteiger charge is 2.31. The van der Waals surface area contributed by atoms with Gasteiger partial charge in [0, 0.05) is 5.57 Å². The molecular formula is C17H15N5O5. The van der Waals surface area contributed by atoms with Crippen LogP contribution in [0.4, 0.5) is 0 Å². The second-order valence-electron chi connectivity index (χ2n) is 5.28. The van der Waals surface area contributed by atoms with Crippen molar-refractivity contribution in [1.82, 2.24) is 25.4 Å². The summed E-state index contributed by atoms with van der Waals surface area (Å²) in [7, 11) is 3.98. The maximum Gasteiger partial charge on any atom is 0.377 e. The van der Waals surface area contributed by atoms with Crippen LogP contribution in [0.1, 0.15) is 38.0 Å². The number of aryl methyl sites for hydroxylation is 1. The van der Waals surface area contributed by atoms with Crippen LogP contribution in [0.3, 0.4) is 0 Å². The molecule has 138 valence electrons. The topological polar surface area (TPSA) is 122 Å². The molecule has 3 rings (SSSR count). The molecule has 0 spiro atoms. The van der Waals surface area contributed by atoms with E-state index >= 15 is 0 Å². The van der Waals surface area contributed by atoms with Gasteiger partial charge in [0.2, 0.25) is 0 Å². The van der Waals surface area contributed by atoms with E-state index < -0.39 is 11.9 Å². The second kappa shape index (κ2) is 7.60. The molecule has 10 nitrogen and oxygen atoms in total. The third-order valence-corrected chi connectivity index (χ3v) is 3.59. The van der Waals surface area contributed by atoms with Crippen LogP contribution in [0, 0.1) is 0 Å². The third kappa shape index (κ3) is 3.59. The average molecular weight is 369 g/mol. The van der Waals surface area contributed by atoms with Gasteiger partial charge < -0.3 is 14.0 Å². The van der Waals surface area contributed by atoms with Gasteiger partial charge in [0.1, 0.15) is 11.3 Å². The lowest BCUT2D eigenvalue weighted by Crippen LogP contribution is -2.11. The van der Waals surface area contributed by atoms with Gasteiger partial charge in [-0.15, -0.1) is 10.2 Å². The number of rotatable bonds is 5. The molecular weight excluding hydrogens is 354 g/mol. The Bertz CT molecular complexity index is 1010. The van der Waals surface area contributed by atoms with E-state index in [1.165, 1.54) is 19.0 Å². The van der Waals surface area contributed by atoms with Crippen molar-refractivity contribution in [2.45, 2.75) is 0 Å². The zero-order valence-corrected chi connectivity index (χ0v) is 14.7. The maximum atomic E-state index is 12.3. The number of aromatic nitrogens is 5. The Hall–Kier alpha value is -3.82. The number of esters is 2. The summed E-state index contributed by atoms with van der Waals surface area (Å²) in [5.74, 6) is -1.71. The number of carbonyl (C=O) groups excluding carboxylic acids is 2. The number of hydrogen-bond acceptors (Lipinski definition) is 9. The predicted octanol–water partition coefficient (Wildman–Crippen LogP) is 1.36. The summed E-state index contributed by atoms with van der Waals surface area (Å²) < 4.78 is 14.5. The van der Waals surface area contributed by atoms with Crippen LogP contribution in [0.2, 0.25) is 0 Å². The minimum Gasteiger partial charge on any atom is -0.465 e. The highest BCUT2D eigenvalue weighted by molar-refractivity contribution is 6.06. The highest BCUT2D eigenvalue weighted by Crippen LogP contribution is 2.30. The van der Waals surface area contributed by atoms with Crippen molar-refractivity contribution in [2.75, 3.05) is 14.2 Å². The SMILES string of the molecule is COC(=O)c1onc(/C(=C\c2nnn(C)n2)c2ccccc2)c1C(=O)OC. The standard InChI is InChI=1S/C17H15N5O5/c1-22-19-12(18-21-22)9-11(10-7-5-4-6-8-10)14-13(16(23)25-2)15(27-20-14)17(24)26-3/h4-9H,1-3H3/b11-9-. The number of carbonyl (C=O) groups is 2. The van der Waals surface area contributed by atoms with E-state index in [-0.39, 0.29) is 22.8 Å². The number of methoxy groups -OCH3 is 2. The van der Waals surface area contributed by atoms with Gasteiger partial charge >= 0.3 is 11.9 Å². The van der Waals surface area contributed by atoms with Crippen molar-refractivity contribution in [1.29, 1.82) is 0 Å². The fraction of sp³-hybridized carbons (Fsp3) is 0.176. The summed E-state index contributed by atoms with van der Waals surface area (Å²) in [4.78, 5) is 25.6. The minimum atomic E-state index is -0.848. The quantitative estimate of drug-likeness (QED) is 0.613. The highest BCUT2D eigenvalue weighted by atomic mass is 16.6. The first kappa shape index (κ1) is 18.0. The Morgan fingerprint density at radius 2 is 1.81 bits per heavy atom. The molecule has 3 aromatic rings. The van der Waals surface area contributed by atoms with Crippen molar-refractivity contribution in [3.63, 3.8) is 0 Å². The summed E-state index contributed by atoms with van der Waals surface area (Å²) in [5.41, 5.74) is 1.09.